The van der Waals surface area contributed by atoms with Gasteiger partial charge in [-0.15, -0.1) is 0 Å². The first-order chi connectivity index (χ1) is 11.0. The molecule has 1 aliphatic rings. The number of hydrogen-bond acceptors (Lipinski definition) is 4. The molecular weight excluding hydrogens is 320 g/mol. The van der Waals surface area contributed by atoms with Gasteiger partial charge in [0, 0.05) is 17.6 Å². The number of aromatic carboxylic acids is 1. The molecule has 1 unspecified atom stereocenters. The highest BCUT2D eigenvalue weighted by Gasteiger charge is 2.32. The van der Waals surface area contributed by atoms with Gasteiger partial charge in [-0.1, -0.05) is 35.9 Å². The van der Waals surface area contributed by atoms with Crippen molar-refractivity contribution in [2.75, 3.05) is 6.54 Å². The Kier molecular flexibility index (Phi) is 4.02. The van der Waals surface area contributed by atoms with Gasteiger partial charge in [-0.3, -0.25) is 10.1 Å². The van der Waals surface area contributed by atoms with Crippen LogP contribution in [-0.2, 0) is 6.42 Å². The second kappa shape index (κ2) is 5.98. The van der Waals surface area contributed by atoms with Crippen LogP contribution in [0, 0.1) is 10.1 Å². The van der Waals surface area contributed by atoms with E-state index in [4.69, 9.17) is 11.6 Å². The van der Waals surface area contributed by atoms with E-state index in [1.165, 1.54) is 12.1 Å². The van der Waals surface area contributed by atoms with Gasteiger partial charge in [0.1, 0.15) is 0 Å². The SMILES string of the molecule is O=C(O)c1cc(Cl)cc([N+](=O)[O-])c1C1NCCc2ccccc21. The van der Waals surface area contributed by atoms with Gasteiger partial charge < -0.3 is 10.4 Å². The largest absolute Gasteiger partial charge is 0.478 e. The zero-order valence-electron chi connectivity index (χ0n) is 12.0. The molecule has 0 aliphatic carbocycles. The summed E-state index contributed by atoms with van der Waals surface area (Å²) in [6, 6.07) is 9.44. The van der Waals surface area contributed by atoms with Crippen LogP contribution in [0.2, 0.25) is 5.02 Å². The summed E-state index contributed by atoms with van der Waals surface area (Å²) in [7, 11) is 0. The number of nitrogens with zero attached hydrogens (tertiary/aromatic N) is 1. The molecule has 0 fully saturated rings. The van der Waals surface area contributed by atoms with E-state index in [1.807, 2.05) is 24.3 Å². The third-order valence-electron chi connectivity index (χ3n) is 3.95. The van der Waals surface area contributed by atoms with Crippen molar-refractivity contribution in [1.29, 1.82) is 0 Å². The molecule has 2 N–H and O–H groups in total. The van der Waals surface area contributed by atoms with E-state index in [0.29, 0.717) is 6.54 Å². The number of carbonyl (C=O) groups is 1. The van der Waals surface area contributed by atoms with Crippen molar-refractivity contribution in [2.45, 2.75) is 12.5 Å². The molecule has 1 atom stereocenters. The van der Waals surface area contributed by atoms with E-state index in [9.17, 15) is 20.0 Å². The predicted octanol–water partition coefficient (Wildman–Crippen LogP) is 3.18. The molecule has 0 saturated heterocycles. The molecule has 23 heavy (non-hydrogen) atoms. The fourth-order valence-corrected chi connectivity index (χ4v) is 3.21. The Bertz CT molecular complexity index is 771. The topological polar surface area (TPSA) is 92.5 Å². The summed E-state index contributed by atoms with van der Waals surface area (Å²) in [6.07, 6.45) is 0.788. The normalized spacial score (nSPS) is 16.7. The zero-order valence-corrected chi connectivity index (χ0v) is 12.7. The summed E-state index contributed by atoms with van der Waals surface area (Å²) >= 11 is 5.86. The molecule has 0 aromatic heterocycles. The lowest BCUT2D eigenvalue weighted by Crippen LogP contribution is -2.32. The molecule has 1 heterocycles. The molecule has 118 valence electrons. The molecule has 7 heteroatoms. The van der Waals surface area contributed by atoms with Crippen molar-refractivity contribution in [1.82, 2.24) is 5.32 Å². The highest BCUT2D eigenvalue weighted by molar-refractivity contribution is 6.31. The number of hydrogen-bond donors (Lipinski definition) is 2. The first-order valence-electron chi connectivity index (χ1n) is 7.01. The summed E-state index contributed by atoms with van der Waals surface area (Å²) in [5.41, 5.74) is 1.60. The van der Waals surface area contributed by atoms with E-state index in [1.54, 1.807) is 0 Å². The van der Waals surface area contributed by atoms with Crippen LogP contribution in [0.15, 0.2) is 36.4 Å². The fraction of sp³-hybridized carbons (Fsp3) is 0.188. The maximum Gasteiger partial charge on any atom is 0.336 e. The number of nitrogens with one attached hydrogen (secondary N) is 1. The van der Waals surface area contributed by atoms with Crippen molar-refractivity contribution in [2.24, 2.45) is 0 Å². The number of fused-ring (bicyclic) bond motifs is 1. The number of carboxylic acid groups (broad SMARTS) is 1. The van der Waals surface area contributed by atoms with Gasteiger partial charge in [0.2, 0.25) is 0 Å². The lowest BCUT2D eigenvalue weighted by Gasteiger charge is -2.28. The molecule has 0 radical (unpaired) electrons. The monoisotopic (exact) mass is 332 g/mol. The lowest BCUT2D eigenvalue weighted by molar-refractivity contribution is -0.385. The van der Waals surface area contributed by atoms with Crippen LogP contribution in [0.4, 0.5) is 5.69 Å². The number of carboxylic acids is 1. The number of nitro groups is 1. The Morgan fingerprint density at radius 2 is 2.09 bits per heavy atom. The Balaban J connectivity index is 2.28. The van der Waals surface area contributed by atoms with Crippen molar-refractivity contribution >= 4 is 23.3 Å². The molecule has 6 nitrogen and oxygen atoms in total. The maximum atomic E-state index is 11.6. The molecule has 0 bridgehead atoms. The van der Waals surface area contributed by atoms with Gasteiger partial charge in [-0.2, -0.15) is 0 Å². The van der Waals surface area contributed by atoms with Crippen LogP contribution in [0.3, 0.4) is 0 Å². The number of rotatable bonds is 3. The van der Waals surface area contributed by atoms with Gasteiger partial charge in [0.25, 0.3) is 5.69 Å². The summed E-state index contributed by atoms with van der Waals surface area (Å²) < 4.78 is 0. The molecule has 0 spiro atoms. The lowest BCUT2D eigenvalue weighted by atomic mass is 9.87. The third-order valence-corrected chi connectivity index (χ3v) is 4.17. The smallest absolute Gasteiger partial charge is 0.336 e. The van der Waals surface area contributed by atoms with Gasteiger partial charge in [0.15, 0.2) is 0 Å². The highest BCUT2D eigenvalue weighted by Crippen LogP contribution is 2.38. The van der Waals surface area contributed by atoms with Crippen molar-refractivity contribution in [3.63, 3.8) is 0 Å². The quantitative estimate of drug-likeness (QED) is 0.665. The summed E-state index contributed by atoms with van der Waals surface area (Å²) in [6.45, 7) is 0.612. The molecule has 3 rings (SSSR count). The first kappa shape index (κ1) is 15.5. The van der Waals surface area contributed by atoms with Gasteiger partial charge in [0.05, 0.1) is 22.1 Å². The Hall–Kier alpha value is -2.44. The minimum atomic E-state index is -1.24. The minimum absolute atomic E-state index is 0.0296. The van der Waals surface area contributed by atoms with Crippen molar-refractivity contribution in [3.8, 4) is 0 Å². The Labute approximate surface area is 136 Å². The van der Waals surface area contributed by atoms with E-state index >= 15 is 0 Å². The first-order valence-corrected chi connectivity index (χ1v) is 7.39. The van der Waals surface area contributed by atoms with E-state index in [2.05, 4.69) is 5.32 Å². The molecule has 2 aromatic carbocycles. The molecule has 0 saturated carbocycles. The molecule has 1 aliphatic heterocycles. The molecule has 0 amide bonds. The van der Waals surface area contributed by atoms with E-state index < -0.39 is 16.9 Å². The highest BCUT2D eigenvalue weighted by atomic mass is 35.5. The third kappa shape index (κ3) is 2.78. The maximum absolute atomic E-state index is 11.6. The predicted molar refractivity (Wildman–Crippen MR) is 85.1 cm³/mol. The van der Waals surface area contributed by atoms with Crippen LogP contribution < -0.4 is 5.32 Å². The summed E-state index contributed by atoms with van der Waals surface area (Å²) in [4.78, 5) is 22.4. The average Bonchev–Trinajstić information content (AvgIpc) is 2.53. The van der Waals surface area contributed by atoms with Crippen molar-refractivity contribution in [3.05, 3.63) is 73.8 Å². The van der Waals surface area contributed by atoms with Gasteiger partial charge in [-0.05, 0) is 23.6 Å². The van der Waals surface area contributed by atoms with Crippen molar-refractivity contribution < 1.29 is 14.8 Å². The van der Waals surface area contributed by atoms with Crippen LogP contribution >= 0.6 is 11.6 Å². The zero-order chi connectivity index (χ0) is 16.6. The Morgan fingerprint density at radius 1 is 1.35 bits per heavy atom. The number of halogens is 1. The number of nitro benzene ring substituents is 1. The minimum Gasteiger partial charge on any atom is -0.478 e. The number of benzene rings is 2. The second-order valence-corrected chi connectivity index (χ2v) is 5.72. The van der Waals surface area contributed by atoms with E-state index in [-0.39, 0.29) is 21.8 Å². The summed E-state index contributed by atoms with van der Waals surface area (Å²) in [5, 5.41) is 24.1. The van der Waals surface area contributed by atoms with E-state index in [0.717, 1.165) is 17.5 Å². The van der Waals surface area contributed by atoms with Crippen LogP contribution in [-0.4, -0.2) is 22.5 Å². The fourth-order valence-electron chi connectivity index (χ4n) is 3.00. The molecule has 2 aromatic rings. The van der Waals surface area contributed by atoms with Gasteiger partial charge in [-0.25, -0.2) is 4.79 Å². The van der Waals surface area contributed by atoms with Crippen LogP contribution in [0.5, 0.6) is 0 Å². The second-order valence-electron chi connectivity index (χ2n) is 5.28. The van der Waals surface area contributed by atoms with Crippen LogP contribution in [0.25, 0.3) is 0 Å². The molecular formula is C16H13ClN2O4. The standard InChI is InChI=1S/C16H13ClN2O4/c17-10-7-12(16(20)21)14(13(8-10)19(22)23)15-11-4-2-1-3-9(11)5-6-18-15/h1-4,7-8,15,18H,5-6H2,(H,20,21). The average molecular weight is 333 g/mol. The van der Waals surface area contributed by atoms with Gasteiger partial charge >= 0.3 is 5.97 Å². The Morgan fingerprint density at radius 3 is 2.78 bits per heavy atom. The van der Waals surface area contributed by atoms with Crippen LogP contribution in [0.1, 0.15) is 33.1 Å². The summed E-state index contributed by atoms with van der Waals surface area (Å²) in [5.74, 6) is -1.24.